The van der Waals surface area contributed by atoms with E-state index < -0.39 is 0 Å². The van der Waals surface area contributed by atoms with Crippen LogP contribution in [0.1, 0.15) is 60.4 Å². The molecule has 0 amide bonds. The van der Waals surface area contributed by atoms with Crippen molar-refractivity contribution in [2.45, 2.75) is 66.7 Å². The fourth-order valence-electron chi connectivity index (χ4n) is 6.03. The quantitative estimate of drug-likeness (QED) is 0.179. The maximum Gasteiger partial charge on any atom is 0.182 e. The zero-order valence-electron chi connectivity index (χ0n) is 24.2. The summed E-state index contributed by atoms with van der Waals surface area (Å²) in [5.74, 6) is 1.65. The predicted molar refractivity (Wildman–Crippen MR) is 172 cm³/mol. The van der Waals surface area contributed by atoms with E-state index in [1.807, 2.05) is 11.3 Å². The molecule has 0 spiro atoms. The molecule has 0 fully saturated rings. The SMILES string of the molecule is CCCCCCc1cc(C)c(-n2nc(-c3cc(C)cc(C)c3)nc2-c2ccc3sc4ccccc4c3c2)c(C)c1. The highest BCUT2D eigenvalue weighted by atomic mass is 32.1. The summed E-state index contributed by atoms with van der Waals surface area (Å²) in [6.45, 7) is 11.0. The van der Waals surface area contributed by atoms with E-state index >= 15 is 0 Å². The molecule has 2 aromatic heterocycles. The van der Waals surface area contributed by atoms with E-state index in [1.165, 1.54) is 73.7 Å². The van der Waals surface area contributed by atoms with Crippen LogP contribution in [-0.4, -0.2) is 14.8 Å². The van der Waals surface area contributed by atoms with Crippen LogP contribution in [0.5, 0.6) is 0 Å². The Labute approximate surface area is 241 Å². The van der Waals surface area contributed by atoms with Gasteiger partial charge in [-0.05, 0) is 93.6 Å². The molecule has 0 atom stereocenters. The Balaban J connectivity index is 1.51. The molecule has 0 bridgehead atoms. The normalized spacial score (nSPS) is 11.6. The lowest BCUT2D eigenvalue weighted by molar-refractivity contribution is 0.666. The van der Waals surface area contributed by atoms with Gasteiger partial charge in [-0.1, -0.05) is 73.7 Å². The number of rotatable bonds is 8. The van der Waals surface area contributed by atoms with Gasteiger partial charge in [0, 0.05) is 31.3 Å². The molecule has 0 saturated carbocycles. The first-order chi connectivity index (χ1) is 19.4. The van der Waals surface area contributed by atoms with Crippen LogP contribution in [-0.2, 0) is 6.42 Å². The Morgan fingerprint density at radius 1 is 0.700 bits per heavy atom. The van der Waals surface area contributed by atoms with Crippen molar-refractivity contribution in [1.29, 1.82) is 0 Å². The Morgan fingerprint density at radius 2 is 1.43 bits per heavy atom. The molecule has 0 radical (unpaired) electrons. The molecular formula is C36H37N3S. The van der Waals surface area contributed by atoms with Crippen LogP contribution in [0.15, 0.2) is 72.8 Å². The minimum atomic E-state index is 0.763. The molecule has 4 aromatic carbocycles. The molecule has 3 nitrogen and oxygen atoms in total. The first-order valence-corrected chi connectivity index (χ1v) is 15.3. The van der Waals surface area contributed by atoms with E-state index in [1.54, 1.807) is 0 Å². The average Bonchev–Trinajstić information content (AvgIpc) is 3.52. The van der Waals surface area contributed by atoms with Crippen molar-refractivity contribution in [2.75, 3.05) is 0 Å². The molecule has 0 aliphatic rings. The second-order valence-electron chi connectivity index (χ2n) is 11.2. The smallest absolute Gasteiger partial charge is 0.182 e. The standard InChI is InChI=1S/C36H37N3S/c1-6-7-8-9-12-27-20-25(4)34(26(5)21-27)39-36(37-35(38-39)29-18-23(2)17-24(3)19-29)28-15-16-33-31(22-28)30-13-10-11-14-32(30)40-33/h10-11,13-22H,6-9,12H2,1-5H3. The second kappa shape index (κ2) is 11.0. The van der Waals surface area contributed by atoms with E-state index in [9.17, 15) is 0 Å². The van der Waals surface area contributed by atoms with Crippen molar-refractivity contribution in [1.82, 2.24) is 14.8 Å². The van der Waals surface area contributed by atoms with Gasteiger partial charge in [-0.2, -0.15) is 0 Å². The van der Waals surface area contributed by atoms with Crippen molar-refractivity contribution in [3.05, 3.63) is 101 Å². The molecule has 202 valence electrons. The Kier molecular flexibility index (Phi) is 7.29. The number of thiophene rings is 1. The van der Waals surface area contributed by atoms with Gasteiger partial charge in [-0.25, -0.2) is 9.67 Å². The summed E-state index contributed by atoms with van der Waals surface area (Å²) in [6, 6.07) is 26.7. The van der Waals surface area contributed by atoms with E-state index in [2.05, 4.69) is 112 Å². The van der Waals surface area contributed by atoms with Gasteiger partial charge in [-0.15, -0.1) is 16.4 Å². The summed E-state index contributed by atoms with van der Waals surface area (Å²) >= 11 is 1.84. The van der Waals surface area contributed by atoms with Gasteiger partial charge < -0.3 is 0 Å². The maximum absolute atomic E-state index is 5.21. The summed E-state index contributed by atoms with van der Waals surface area (Å²) in [6.07, 6.45) is 6.24. The maximum atomic E-state index is 5.21. The van der Waals surface area contributed by atoms with Gasteiger partial charge in [0.05, 0.1) is 5.69 Å². The first-order valence-electron chi connectivity index (χ1n) is 14.5. The van der Waals surface area contributed by atoms with Gasteiger partial charge in [0.2, 0.25) is 0 Å². The molecule has 6 rings (SSSR count). The largest absolute Gasteiger partial charge is 0.212 e. The van der Waals surface area contributed by atoms with Crippen molar-refractivity contribution in [3.8, 4) is 28.5 Å². The Bertz CT molecular complexity index is 1800. The summed E-state index contributed by atoms with van der Waals surface area (Å²) in [7, 11) is 0. The number of fused-ring (bicyclic) bond motifs is 3. The molecule has 6 aromatic rings. The molecule has 4 heteroatoms. The third-order valence-electron chi connectivity index (χ3n) is 7.80. The van der Waals surface area contributed by atoms with Gasteiger partial charge in [0.25, 0.3) is 0 Å². The van der Waals surface area contributed by atoms with E-state index in [0.717, 1.165) is 34.9 Å². The number of aryl methyl sites for hydroxylation is 5. The van der Waals surface area contributed by atoms with Crippen LogP contribution in [0.3, 0.4) is 0 Å². The van der Waals surface area contributed by atoms with Crippen molar-refractivity contribution >= 4 is 31.5 Å². The fourth-order valence-corrected chi connectivity index (χ4v) is 7.11. The molecule has 0 unspecified atom stereocenters. The molecule has 0 N–H and O–H groups in total. The Hall–Kier alpha value is -3.76. The molecule has 0 saturated heterocycles. The highest BCUT2D eigenvalue weighted by Gasteiger charge is 2.20. The van der Waals surface area contributed by atoms with E-state index in [-0.39, 0.29) is 0 Å². The van der Waals surface area contributed by atoms with Crippen LogP contribution in [0.2, 0.25) is 0 Å². The van der Waals surface area contributed by atoms with Crippen LogP contribution < -0.4 is 0 Å². The van der Waals surface area contributed by atoms with Crippen molar-refractivity contribution in [2.24, 2.45) is 0 Å². The van der Waals surface area contributed by atoms with Crippen LogP contribution in [0.4, 0.5) is 0 Å². The minimum absolute atomic E-state index is 0.763. The summed E-state index contributed by atoms with van der Waals surface area (Å²) in [5.41, 5.74) is 9.61. The molecular weight excluding hydrogens is 506 g/mol. The molecule has 0 aliphatic carbocycles. The number of hydrogen-bond acceptors (Lipinski definition) is 3. The predicted octanol–water partition coefficient (Wildman–Crippen LogP) is 10.3. The third kappa shape index (κ3) is 5.09. The number of unbranched alkanes of at least 4 members (excludes halogenated alkanes) is 3. The van der Waals surface area contributed by atoms with Gasteiger partial charge in [-0.3, -0.25) is 0 Å². The fraction of sp³-hybridized carbons (Fsp3) is 0.278. The topological polar surface area (TPSA) is 30.7 Å². The zero-order chi connectivity index (χ0) is 27.8. The molecule has 2 heterocycles. The zero-order valence-corrected chi connectivity index (χ0v) is 25.0. The van der Waals surface area contributed by atoms with Gasteiger partial charge >= 0.3 is 0 Å². The summed E-state index contributed by atoms with van der Waals surface area (Å²) in [4.78, 5) is 5.21. The van der Waals surface area contributed by atoms with Crippen molar-refractivity contribution in [3.63, 3.8) is 0 Å². The molecule has 40 heavy (non-hydrogen) atoms. The molecule has 0 aliphatic heterocycles. The van der Waals surface area contributed by atoms with Crippen LogP contribution >= 0.6 is 11.3 Å². The number of benzene rings is 4. The third-order valence-corrected chi connectivity index (χ3v) is 8.96. The van der Waals surface area contributed by atoms with Crippen LogP contribution in [0.25, 0.3) is 48.6 Å². The van der Waals surface area contributed by atoms with Gasteiger partial charge in [0.15, 0.2) is 11.6 Å². The number of aromatic nitrogens is 3. The lowest BCUT2D eigenvalue weighted by Gasteiger charge is -2.15. The average molecular weight is 544 g/mol. The summed E-state index contributed by atoms with van der Waals surface area (Å²) in [5, 5.41) is 7.76. The second-order valence-corrected chi connectivity index (χ2v) is 12.3. The van der Waals surface area contributed by atoms with Gasteiger partial charge in [0.1, 0.15) is 0 Å². The monoisotopic (exact) mass is 543 g/mol. The lowest BCUT2D eigenvalue weighted by Crippen LogP contribution is -2.06. The van der Waals surface area contributed by atoms with E-state index in [0.29, 0.717) is 0 Å². The summed E-state index contributed by atoms with van der Waals surface area (Å²) < 4.78 is 4.70. The van der Waals surface area contributed by atoms with Crippen LogP contribution in [0, 0.1) is 27.7 Å². The van der Waals surface area contributed by atoms with Crippen molar-refractivity contribution < 1.29 is 0 Å². The highest BCUT2D eigenvalue weighted by Crippen LogP contribution is 2.37. The van der Waals surface area contributed by atoms with E-state index in [4.69, 9.17) is 10.1 Å². The minimum Gasteiger partial charge on any atom is -0.212 e. The number of hydrogen-bond donors (Lipinski definition) is 0. The highest BCUT2D eigenvalue weighted by molar-refractivity contribution is 7.25. The number of nitrogens with zero attached hydrogens (tertiary/aromatic N) is 3. The lowest BCUT2D eigenvalue weighted by atomic mass is 9.99. The first kappa shape index (κ1) is 26.5. The Morgan fingerprint density at radius 3 is 2.17 bits per heavy atom.